The molecule has 0 N–H and O–H groups in total. The zero-order valence-corrected chi connectivity index (χ0v) is 14.8. The fourth-order valence-electron chi connectivity index (χ4n) is 4.08. The van der Waals surface area contributed by atoms with Crippen molar-refractivity contribution >= 4 is 11.4 Å². The SMILES string of the molecule is COc1ccc([C@H]2O[C@@H]3C(=O)CC(C)(C)C3=C2c2ccccc2)cc1. The molecule has 128 valence electrons. The number of rotatable bonds is 3. The van der Waals surface area contributed by atoms with E-state index in [1.807, 2.05) is 42.5 Å². The Bertz CT molecular complexity index is 831. The first kappa shape index (κ1) is 16.1. The van der Waals surface area contributed by atoms with Gasteiger partial charge in [0.15, 0.2) is 5.78 Å². The van der Waals surface area contributed by atoms with Crippen LogP contribution >= 0.6 is 0 Å². The number of carbonyl (C=O) groups excluding carboxylic acids is 1. The molecule has 1 heterocycles. The number of hydrogen-bond donors (Lipinski definition) is 0. The molecule has 0 amide bonds. The minimum absolute atomic E-state index is 0.172. The Morgan fingerprint density at radius 1 is 1.00 bits per heavy atom. The van der Waals surface area contributed by atoms with Crippen molar-refractivity contribution in [3.63, 3.8) is 0 Å². The minimum Gasteiger partial charge on any atom is -0.497 e. The van der Waals surface area contributed by atoms with Crippen LogP contribution < -0.4 is 4.74 Å². The van der Waals surface area contributed by atoms with Crippen LogP contribution in [-0.2, 0) is 9.53 Å². The van der Waals surface area contributed by atoms with Crippen molar-refractivity contribution in [1.82, 2.24) is 0 Å². The molecule has 25 heavy (non-hydrogen) atoms. The Hall–Kier alpha value is -2.39. The zero-order chi connectivity index (χ0) is 17.6. The first-order valence-corrected chi connectivity index (χ1v) is 8.63. The predicted octanol–water partition coefficient (Wildman–Crippen LogP) is 4.59. The lowest BCUT2D eigenvalue weighted by molar-refractivity contribution is -0.126. The summed E-state index contributed by atoms with van der Waals surface area (Å²) in [6.07, 6.45) is -0.104. The number of carbonyl (C=O) groups is 1. The van der Waals surface area contributed by atoms with E-state index in [0.717, 1.165) is 28.0 Å². The third kappa shape index (κ3) is 2.59. The van der Waals surface area contributed by atoms with E-state index in [4.69, 9.17) is 9.47 Å². The van der Waals surface area contributed by atoms with Crippen LogP contribution in [0.1, 0.15) is 37.5 Å². The van der Waals surface area contributed by atoms with Crippen LogP contribution in [-0.4, -0.2) is 19.0 Å². The number of hydrogen-bond acceptors (Lipinski definition) is 3. The van der Waals surface area contributed by atoms with Gasteiger partial charge in [0.05, 0.1) is 7.11 Å². The van der Waals surface area contributed by atoms with E-state index in [0.29, 0.717) is 6.42 Å². The summed E-state index contributed by atoms with van der Waals surface area (Å²) in [4.78, 5) is 12.5. The second-order valence-electron chi connectivity index (χ2n) is 7.39. The molecule has 2 atom stereocenters. The lowest BCUT2D eigenvalue weighted by Gasteiger charge is -2.22. The average Bonchev–Trinajstić information content (AvgIpc) is 3.13. The van der Waals surface area contributed by atoms with Crippen molar-refractivity contribution in [2.75, 3.05) is 7.11 Å². The first-order valence-electron chi connectivity index (χ1n) is 8.63. The van der Waals surface area contributed by atoms with Gasteiger partial charge in [-0.3, -0.25) is 4.79 Å². The highest BCUT2D eigenvalue weighted by Crippen LogP contribution is 2.55. The van der Waals surface area contributed by atoms with Crippen molar-refractivity contribution in [2.24, 2.45) is 5.41 Å². The van der Waals surface area contributed by atoms with Crippen LogP contribution in [0, 0.1) is 5.41 Å². The fraction of sp³-hybridized carbons (Fsp3) is 0.318. The molecule has 0 spiro atoms. The normalized spacial score (nSPS) is 24.5. The number of methoxy groups -OCH3 is 1. The summed E-state index contributed by atoms with van der Waals surface area (Å²) in [5, 5.41) is 0. The Balaban J connectivity index is 1.87. The Morgan fingerprint density at radius 2 is 1.68 bits per heavy atom. The number of ketones is 1. The molecule has 3 nitrogen and oxygen atoms in total. The van der Waals surface area contributed by atoms with Gasteiger partial charge in [0, 0.05) is 6.42 Å². The molecule has 1 aliphatic heterocycles. The van der Waals surface area contributed by atoms with Crippen molar-refractivity contribution in [3.8, 4) is 5.75 Å². The smallest absolute Gasteiger partial charge is 0.166 e. The second kappa shape index (κ2) is 5.85. The van der Waals surface area contributed by atoms with Crippen LogP contribution in [0.15, 0.2) is 60.2 Å². The van der Waals surface area contributed by atoms with Gasteiger partial charge < -0.3 is 9.47 Å². The van der Waals surface area contributed by atoms with Gasteiger partial charge in [0.25, 0.3) is 0 Å². The highest BCUT2D eigenvalue weighted by atomic mass is 16.5. The first-order chi connectivity index (χ1) is 12.0. The summed E-state index contributed by atoms with van der Waals surface area (Å²) in [6.45, 7) is 4.28. The quantitative estimate of drug-likeness (QED) is 0.824. The van der Waals surface area contributed by atoms with Crippen molar-refractivity contribution in [2.45, 2.75) is 32.5 Å². The lowest BCUT2D eigenvalue weighted by atomic mass is 9.80. The summed E-state index contributed by atoms with van der Waals surface area (Å²) in [6, 6.07) is 18.2. The monoisotopic (exact) mass is 334 g/mol. The molecule has 1 aliphatic carbocycles. The van der Waals surface area contributed by atoms with Crippen LogP contribution in [0.2, 0.25) is 0 Å². The van der Waals surface area contributed by atoms with Gasteiger partial charge in [-0.15, -0.1) is 0 Å². The van der Waals surface area contributed by atoms with E-state index in [2.05, 4.69) is 26.0 Å². The maximum atomic E-state index is 12.5. The Morgan fingerprint density at radius 3 is 2.32 bits per heavy atom. The van der Waals surface area contributed by atoms with Gasteiger partial charge in [-0.1, -0.05) is 56.3 Å². The summed E-state index contributed by atoms with van der Waals surface area (Å²) in [7, 11) is 1.66. The molecule has 3 heteroatoms. The number of Topliss-reactive ketones (excluding diaryl/α,β-unsaturated/α-hetero) is 1. The summed E-state index contributed by atoms with van der Waals surface area (Å²) in [5.74, 6) is 0.997. The molecule has 2 aromatic carbocycles. The van der Waals surface area contributed by atoms with E-state index in [1.165, 1.54) is 0 Å². The molecule has 0 aromatic heterocycles. The number of benzene rings is 2. The van der Waals surface area contributed by atoms with E-state index in [9.17, 15) is 4.79 Å². The summed E-state index contributed by atoms with van der Waals surface area (Å²) in [5.41, 5.74) is 4.29. The topological polar surface area (TPSA) is 35.5 Å². The van der Waals surface area contributed by atoms with Crippen LogP contribution in [0.5, 0.6) is 5.75 Å². The van der Waals surface area contributed by atoms with Crippen molar-refractivity contribution in [3.05, 3.63) is 71.3 Å². The van der Waals surface area contributed by atoms with Crippen LogP contribution in [0.25, 0.3) is 5.57 Å². The summed E-state index contributed by atoms with van der Waals surface area (Å²) < 4.78 is 11.6. The lowest BCUT2D eigenvalue weighted by Crippen LogP contribution is -2.16. The van der Waals surface area contributed by atoms with Gasteiger partial charge in [-0.2, -0.15) is 0 Å². The molecule has 2 aromatic rings. The molecule has 0 radical (unpaired) electrons. The van der Waals surface area contributed by atoms with Gasteiger partial charge in [-0.25, -0.2) is 0 Å². The zero-order valence-electron chi connectivity index (χ0n) is 14.8. The Kier molecular flexibility index (Phi) is 3.77. The standard InChI is InChI=1S/C22H22O3/c1-22(2)13-17(23)21-19(22)18(14-7-5-4-6-8-14)20(25-21)15-9-11-16(24-3)12-10-15/h4-12,20-21H,13H2,1-3H3/t20-,21-/m1/s1. The highest BCUT2D eigenvalue weighted by Gasteiger charge is 2.51. The summed E-state index contributed by atoms with van der Waals surface area (Å²) >= 11 is 0. The van der Waals surface area contributed by atoms with E-state index < -0.39 is 6.10 Å². The van der Waals surface area contributed by atoms with Crippen molar-refractivity contribution < 1.29 is 14.3 Å². The Labute approximate surface area is 148 Å². The maximum Gasteiger partial charge on any atom is 0.166 e. The predicted molar refractivity (Wildman–Crippen MR) is 97.4 cm³/mol. The molecular formula is C22H22O3. The third-order valence-electron chi connectivity index (χ3n) is 5.23. The number of ether oxygens (including phenoxy) is 2. The average molecular weight is 334 g/mol. The van der Waals surface area contributed by atoms with Gasteiger partial charge in [0.2, 0.25) is 0 Å². The molecule has 1 saturated carbocycles. The molecule has 0 saturated heterocycles. The van der Waals surface area contributed by atoms with Gasteiger partial charge in [-0.05, 0) is 39.8 Å². The number of fused-ring (bicyclic) bond motifs is 1. The highest BCUT2D eigenvalue weighted by molar-refractivity contribution is 5.97. The molecule has 2 aliphatic rings. The van der Waals surface area contributed by atoms with Gasteiger partial charge >= 0.3 is 0 Å². The van der Waals surface area contributed by atoms with Crippen LogP contribution in [0.4, 0.5) is 0 Å². The third-order valence-corrected chi connectivity index (χ3v) is 5.23. The van der Waals surface area contributed by atoms with E-state index >= 15 is 0 Å². The minimum atomic E-state index is -0.419. The van der Waals surface area contributed by atoms with Gasteiger partial charge in [0.1, 0.15) is 18.0 Å². The molecule has 1 fully saturated rings. The van der Waals surface area contributed by atoms with E-state index in [1.54, 1.807) is 7.11 Å². The second-order valence-corrected chi connectivity index (χ2v) is 7.39. The molecular weight excluding hydrogens is 312 g/mol. The molecule has 0 bridgehead atoms. The van der Waals surface area contributed by atoms with Crippen molar-refractivity contribution in [1.29, 1.82) is 0 Å². The largest absolute Gasteiger partial charge is 0.497 e. The molecule has 0 unspecified atom stereocenters. The maximum absolute atomic E-state index is 12.5. The van der Waals surface area contributed by atoms with Crippen LogP contribution in [0.3, 0.4) is 0 Å². The van der Waals surface area contributed by atoms with E-state index in [-0.39, 0.29) is 17.3 Å². The fourth-order valence-corrected chi connectivity index (χ4v) is 4.08. The molecule has 4 rings (SSSR count).